The normalized spacial score (nSPS) is 22.8. The van der Waals surface area contributed by atoms with E-state index in [4.69, 9.17) is 9.47 Å². The molecule has 2 rings (SSSR count). The Morgan fingerprint density at radius 3 is 2.84 bits per heavy atom. The summed E-state index contributed by atoms with van der Waals surface area (Å²) >= 11 is 0. The molecule has 19 heavy (non-hydrogen) atoms. The van der Waals surface area contributed by atoms with Gasteiger partial charge in [-0.2, -0.15) is 0 Å². The Labute approximate surface area is 113 Å². The van der Waals surface area contributed by atoms with Crippen LogP contribution in [-0.4, -0.2) is 31.1 Å². The largest absolute Gasteiger partial charge is 0.477 e. The molecular weight excluding hydrogens is 242 g/mol. The number of hydrogen-bond acceptors (Lipinski definition) is 4. The van der Waals surface area contributed by atoms with Crippen molar-refractivity contribution in [3.63, 3.8) is 0 Å². The van der Waals surface area contributed by atoms with E-state index in [0.717, 1.165) is 6.42 Å². The first-order chi connectivity index (χ1) is 9.22. The van der Waals surface area contributed by atoms with Gasteiger partial charge in [-0.15, -0.1) is 0 Å². The maximum absolute atomic E-state index is 11.8. The van der Waals surface area contributed by atoms with Crippen molar-refractivity contribution in [3.05, 3.63) is 35.9 Å². The molecule has 1 aromatic carbocycles. The highest BCUT2D eigenvalue weighted by Crippen LogP contribution is 2.26. The van der Waals surface area contributed by atoms with Crippen LogP contribution in [0.2, 0.25) is 0 Å². The maximum atomic E-state index is 11.8. The highest BCUT2D eigenvalue weighted by molar-refractivity contribution is 5.79. The number of ether oxygens (including phenoxy) is 2. The number of carbonyl (C=O) groups is 1. The van der Waals surface area contributed by atoms with Gasteiger partial charge in [-0.3, -0.25) is 0 Å². The van der Waals surface area contributed by atoms with Gasteiger partial charge in [0.15, 0.2) is 12.4 Å². The van der Waals surface area contributed by atoms with Crippen LogP contribution in [-0.2, 0) is 14.3 Å². The van der Waals surface area contributed by atoms with Crippen LogP contribution >= 0.6 is 0 Å². The molecule has 0 aliphatic carbocycles. The van der Waals surface area contributed by atoms with E-state index in [9.17, 15) is 4.79 Å². The lowest BCUT2D eigenvalue weighted by Gasteiger charge is -2.20. The monoisotopic (exact) mass is 261 g/mol. The maximum Gasteiger partial charge on any atom is 0.334 e. The number of aliphatic imine (C=N–C) groups is 1. The summed E-state index contributed by atoms with van der Waals surface area (Å²) in [5.74, 6) is 0.00587. The van der Waals surface area contributed by atoms with E-state index in [1.807, 2.05) is 18.2 Å². The lowest BCUT2D eigenvalue weighted by atomic mass is 9.92. The summed E-state index contributed by atoms with van der Waals surface area (Å²) in [5, 5.41) is 0. The van der Waals surface area contributed by atoms with E-state index < -0.39 is 6.04 Å². The molecule has 102 valence electrons. The van der Waals surface area contributed by atoms with Crippen LogP contribution in [0.5, 0.6) is 0 Å². The number of carbonyl (C=O) groups excluding carboxylic acids is 1. The summed E-state index contributed by atoms with van der Waals surface area (Å²) < 4.78 is 10.4. The Morgan fingerprint density at radius 2 is 2.16 bits per heavy atom. The van der Waals surface area contributed by atoms with Gasteiger partial charge in [0.25, 0.3) is 0 Å². The van der Waals surface area contributed by atoms with Gasteiger partial charge in [-0.05, 0) is 24.8 Å². The third kappa shape index (κ3) is 3.34. The predicted octanol–water partition coefficient (Wildman–Crippen LogP) is 2.54. The molecule has 0 saturated carbocycles. The molecule has 0 fully saturated rings. The standard InChI is InChI=1S/C15H19NO3/c1-3-18-15(17)14-13(19-10-16-14)9-11(2)12-7-5-4-6-8-12/h4-8,10-11,13-14H,3,9H2,1-2H3. The predicted molar refractivity (Wildman–Crippen MR) is 73.3 cm³/mol. The quantitative estimate of drug-likeness (QED) is 0.765. The van der Waals surface area contributed by atoms with Crippen molar-refractivity contribution >= 4 is 12.4 Å². The molecule has 1 aliphatic heterocycles. The van der Waals surface area contributed by atoms with Gasteiger partial charge in [0, 0.05) is 0 Å². The van der Waals surface area contributed by atoms with Crippen molar-refractivity contribution in [3.8, 4) is 0 Å². The minimum Gasteiger partial charge on any atom is -0.477 e. The van der Waals surface area contributed by atoms with Gasteiger partial charge >= 0.3 is 5.97 Å². The molecule has 1 heterocycles. The summed E-state index contributed by atoms with van der Waals surface area (Å²) in [5.41, 5.74) is 1.24. The van der Waals surface area contributed by atoms with E-state index >= 15 is 0 Å². The molecule has 1 aromatic rings. The highest BCUT2D eigenvalue weighted by atomic mass is 16.5. The molecular formula is C15H19NO3. The molecule has 4 heteroatoms. The van der Waals surface area contributed by atoms with Crippen LogP contribution < -0.4 is 0 Å². The fourth-order valence-corrected chi connectivity index (χ4v) is 2.24. The SMILES string of the molecule is CCOC(=O)C1N=COC1CC(C)c1ccccc1. The number of esters is 1. The second kappa shape index (κ2) is 6.36. The van der Waals surface area contributed by atoms with Crippen LogP contribution in [0, 0.1) is 0 Å². The van der Waals surface area contributed by atoms with Gasteiger partial charge in [0.1, 0.15) is 6.10 Å². The molecule has 0 bridgehead atoms. The lowest BCUT2D eigenvalue weighted by Crippen LogP contribution is -2.32. The second-order valence-electron chi connectivity index (χ2n) is 4.67. The average Bonchev–Trinajstić information content (AvgIpc) is 2.88. The Hall–Kier alpha value is -1.84. The zero-order valence-corrected chi connectivity index (χ0v) is 11.3. The Kier molecular flexibility index (Phi) is 4.55. The Balaban J connectivity index is 1.97. The molecule has 3 unspecified atom stereocenters. The first-order valence-electron chi connectivity index (χ1n) is 6.61. The van der Waals surface area contributed by atoms with E-state index in [1.54, 1.807) is 6.92 Å². The fourth-order valence-electron chi connectivity index (χ4n) is 2.24. The molecule has 1 aliphatic rings. The Morgan fingerprint density at radius 1 is 1.42 bits per heavy atom. The minimum atomic E-state index is -0.522. The lowest BCUT2D eigenvalue weighted by molar-refractivity contribution is -0.146. The van der Waals surface area contributed by atoms with Gasteiger partial charge in [-0.1, -0.05) is 37.3 Å². The van der Waals surface area contributed by atoms with Gasteiger partial charge in [0.2, 0.25) is 0 Å². The van der Waals surface area contributed by atoms with Crippen molar-refractivity contribution in [2.75, 3.05) is 6.61 Å². The second-order valence-corrected chi connectivity index (χ2v) is 4.67. The molecule has 3 atom stereocenters. The van der Waals surface area contributed by atoms with E-state index in [1.165, 1.54) is 12.0 Å². The van der Waals surface area contributed by atoms with Crippen LogP contribution in [0.25, 0.3) is 0 Å². The average molecular weight is 261 g/mol. The molecule has 4 nitrogen and oxygen atoms in total. The summed E-state index contributed by atoms with van der Waals surface area (Å²) in [6.45, 7) is 4.28. The number of benzene rings is 1. The van der Waals surface area contributed by atoms with E-state index in [0.29, 0.717) is 12.5 Å². The minimum absolute atomic E-state index is 0.228. The van der Waals surface area contributed by atoms with Crippen LogP contribution in [0.4, 0.5) is 0 Å². The molecule has 0 aromatic heterocycles. The molecule has 0 radical (unpaired) electrons. The summed E-state index contributed by atoms with van der Waals surface area (Å²) in [7, 11) is 0. The summed E-state index contributed by atoms with van der Waals surface area (Å²) in [4.78, 5) is 15.8. The van der Waals surface area contributed by atoms with Crippen LogP contribution in [0.1, 0.15) is 31.7 Å². The molecule has 0 spiro atoms. The van der Waals surface area contributed by atoms with Gasteiger partial charge in [-0.25, -0.2) is 9.79 Å². The van der Waals surface area contributed by atoms with Crippen molar-refractivity contribution in [2.45, 2.75) is 38.3 Å². The van der Waals surface area contributed by atoms with Crippen molar-refractivity contribution in [1.82, 2.24) is 0 Å². The summed E-state index contributed by atoms with van der Waals surface area (Å²) in [6.07, 6.45) is 1.88. The van der Waals surface area contributed by atoms with Crippen molar-refractivity contribution in [1.29, 1.82) is 0 Å². The molecule has 0 saturated heterocycles. The smallest absolute Gasteiger partial charge is 0.334 e. The number of nitrogens with zero attached hydrogens (tertiary/aromatic N) is 1. The fraction of sp³-hybridized carbons (Fsp3) is 0.467. The third-order valence-electron chi connectivity index (χ3n) is 3.29. The third-order valence-corrected chi connectivity index (χ3v) is 3.29. The Bertz CT molecular complexity index is 444. The number of hydrogen-bond donors (Lipinski definition) is 0. The van der Waals surface area contributed by atoms with E-state index in [2.05, 4.69) is 24.0 Å². The van der Waals surface area contributed by atoms with E-state index in [-0.39, 0.29) is 12.1 Å². The summed E-state index contributed by atoms with van der Waals surface area (Å²) in [6, 6.07) is 9.67. The van der Waals surface area contributed by atoms with Crippen molar-refractivity contribution in [2.24, 2.45) is 4.99 Å². The topological polar surface area (TPSA) is 47.9 Å². The van der Waals surface area contributed by atoms with Gasteiger partial charge < -0.3 is 9.47 Å². The zero-order chi connectivity index (χ0) is 13.7. The zero-order valence-electron chi connectivity index (χ0n) is 11.3. The van der Waals surface area contributed by atoms with Gasteiger partial charge in [0.05, 0.1) is 6.61 Å². The van der Waals surface area contributed by atoms with Crippen molar-refractivity contribution < 1.29 is 14.3 Å². The first-order valence-corrected chi connectivity index (χ1v) is 6.61. The first kappa shape index (κ1) is 13.6. The molecule has 0 N–H and O–H groups in total. The number of rotatable bonds is 5. The highest BCUT2D eigenvalue weighted by Gasteiger charge is 2.34. The van der Waals surface area contributed by atoms with Crippen LogP contribution in [0.3, 0.4) is 0 Å². The molecule has 0 amide bonds. The van der Waals surface area contributed by atoms with Crippen LogP contribution in [0.15, 0.2) is 35.3 Å².